The van der Waals surface area contributed by atoms with Crippen LogP contribution in [0.5, 0.6) is 0 Å². The lowest BCUT2D eigenvalue weighted by Crippen LogP contribution is -2.17. The van der Waals surface area contributed by atoms with Gasteiger partial charge in [0.15, 0.2) is 11.5 Å². The Hall–Kier alpha value is -2.30. The molecule has 0 saturated carbocycles. The van der Waals surface area contributed by atoms with E-state index in [0.29, 0.717) is 18.1 Å². The molecule has 1 aromatic carbocycles. The minimum Gasteiger partial charge on any atom is -0.364 e. The molecule has 0 aliphatic rings. The van der Waals surface area contributed by atoms with Crippen molar-refractivity contribution in [1.82, 2.24) is 9.55 Å². The molecule has 2 aromatic rings. The van der Waals surface area contributed by atoms with Crippen molar-refractivity contribution in [3.63, 3.8) is 0 Å². The molecule has 3 N–H and O–H groups in total. The molecule has 0 aliphatic carbocycles. The number of amides is 1. The van der Waals surface area contributed by atoms with E-state index in [-0.39, 0.29) is 0 Å². The fourth-order valence-electron chi connectivity index (χ4n) is 1.63. The van der Waals surface area contributed by atoms with E-state index >= 15 is 0 Å². The second-order valence-electron chi connectivity index (χ2n) is 3.76. The van der Waals surface area contributed by atoms with Gasteiger partial charge in [0.1, 0.15) is 0 Å². The van der Waals surface area contributed by atoms with Crippen LogP contribution in [-0.4, -0.2) is 15.5 Å². The highest BCUT2D eigenvalue weighted by Gasteiger charge is 2.13. The summed E-state index contributed by atoms with van der Waals surface area (Å²) in [5.41, 5.74) is 6.80. The van der Waals surface area contributed by atoms with E-state index in [4.69, 9.17) is 5.73 Å². The molecule has 0 radical (unpaired) electrons. The van der Waals surface area contributed by atoms with E-state index in [1.54, 1.807) is 17.9 Å². The number of imidazole rings is 1. The molecular formula is C12H14N4O. The third-order valence-electron chi connectivity index (χ3n) is 2.47. The van der Waals surface area contributed by atoms with E-state index in [1.165, 1.54) is 0 Å². The molecule has 2 rings (SSSR count). The topological polar surface area (TPSA) is 72.9 Å². The van der Waals surface area contributed by atoms with Crippen molar-refractivity contribution in [2.45, 2.75) is 6.54 Å². The van der Waals surface area contributed by atoms with Crippen LogP contribution in [0.1, 0.15) is 16.1 Å². The summed E-state index contributed by atoms with van der Waals surface area (Å²) < 4.78 is 1.61. The summed E-state index contributed by atoms with van der Waals surface area (Å²) in [6, 6.07) is 9.88. The van der Waals surface area contributed by atoms with Crippen molar-refractivity contribution in [1.29, 1.82) is 0 Å². The van der Waals surface area contributed by atoms with E-state index < -0.39 is 5.91 Å². The minimum atomic E-state index is -0.486. The highest BCUT2D eigenvalue weighted by molar-refractivity contribution is 5.95. The molecule has 0 aliphatic heterocycles. The molecule has 0 saturated heterocycles. The van der Waals surface area contributed by atoms with Crippen molar-refractivity contribution < 1.29 is 4.79 Å². The molecule has 17 heavy (non-hydrogen) atoms. The Balaban J connectivity index is 2.12. The quantitative estimate of drug-likeness (QED) is 0.827. The zero-order valence-corrected chi connectivity index (χ0v) is 9.55. The number of nitrogens with one attached hydrogen (secondary N) is 1. The monoisotopic (exact) mass is 230 g/mol. The van der Waals surface area contributed by atoms with Gasteiger partial charge in [-0.25, -0.2) is 4.98 Å². The lowest BCUT2D eigenvalue weighted by atomic mass is 10.2. The standard InChI is InChI=1S/C12H14N4O/c1-16-8-15-12(10(16)11(13)17)14-7-9-5-3-2-4-6-9/h2-6,8,14H,7H2,1H3,(H2,13,17)/i14+0. The number of carbonyl (C=O) groups excluding carboxylic acids is 1. The number of anilines is 1. The maximum Gasteiger partial charge on any atom is 0.269 e. The predicted octanol–water partition coefficient (Wildman–Crippen LogP) is 1.13. The fraction of sp³-hybridized carbons (Fsp3) is 0.167. The number of carbonyl (C=O) groups is 1. The average molecular weight is 230 g/mol. The van der Waals surface area contributed by atoms with Gasteiger partial charge in [0.25, 0.3) is 5.91 Å². The highest BCUT2D eigenvalue weighted by Crippen LogP contribution is 2.12. The molecule has 1 heterocycles. The van der Waals surface area contributed by atoms with E-state index in [9.17, 15) is 4.79 Å². The van der Waals surface area contributed by atoms with Gasteiger partial charge in [-0.1, -0.05) is 30.3 Å². The van der Waals surface area contributed by atoms with Crippen molar-refractivity contribution in [2.24, 2.45) is 12.8 Å². The number of aryl methyl sites for hydroxylation is 1. The highest BCUT2D eigenvalue weighted by atomic mass is 16.1. The fourth-order valence-corrected chi connectivity index (χ4v) is 1.63. The first kappa shape index (κ1) is 11.2. The number of nitrogens with zero attached hydrogens (tertiary/aromatic N) is 2. The SMILES string of the molecule is Cn1cnc([14NH]Cc2ccccc2)c1C(N)=O. The van der Waals surface area contributed by atoms with Gasteiger partial charge < -0.3 is 15.6 Å². The van der Waals surface area contributed by atoms with Crippen LogP contribution >= 0.6 is 0 Å². The van der Waals surface area contributed by atoms with Gasteiger partial charge >= 0.3 is 0 Å². The molecule has 5 nitrogen and oxygen atoms in total. The summed E-state index contributed by atoms with van der Waals surface area (Å²) in [7, 11) is 1.74. The zero-order chi connectivity index (χ0) is 12.3. The Kier molecular flexibility index (Phi) is 3.09. The summed E-state index contributed by atoms with van der Waals surface area (Å²) in [5.74, 6) is 0.0319. The van der Waals surface area contributed by atoms with E-state index in [2.05, 4.69) is 10.3 Å². The Morgan fingerprint density at radius 2 is 2.12 bits per heavy atom. The number of hydrogen-bond acceptors (Lipinski definition) is 3. The van der Waals surface area contributed by atoms with Crippen LogP contribution in [0.2, 0.25) is 0 Å². The number of aromatic nitrogens is 2. The van der Waals surface area contributed by atoms with Crippen LogP contribution in [0, 0.1) is 0 Å². The van der Waals surface area contributed by atoms with Crippen LogP contribution in [0.4, 0.5) is 5.82 Å². The van der Waals surface area contributed by atoms with Gasteiger partial charge in [0.2, 0.25) is 0 Å². The first-order valence-corrected chi connectivity index (χ1v) is 5.27. The molecule has 1 amide bonds. The molecule has 5 heteroatoms. The molecule has 0 spiro atoms. The molecular weight excluding hydrogens is 216 g/mol. The maximum atomic E-state index is 11.2. The van der Waals surface area contributed by atoms with Crippen molar-refractivity contribution in [3.8, 4) is 0 Å². The summed E-state index contributed by atoms with van der Waals surface area (Å²) in [6.07, 6.45) is 1.56. The van der Waals surface area contributed by atoms with Gasteiger partial charge in [-0.2, -0.15) is 0 Å². The largest absolute Gasteiger partial charge is 0.364 e. The Bertz CT molecular complexity index is 519. The number of benzene rings is 1. The summed E-state index contributed by atoms with van der Waals surface area (Å²) in [5, 5.41) is 3.10. The third kappa shape index (κ3) is 2.44. The summed E-state index contributed by atoms with van der Waals surface area (Å²) in [6.45, 7) is 0.609. The van der Waals surface area contributed by atoms with Crippen LogP contribution in [-0.2, 0) is 13.6 Å². The number of rotatable bonds is 4. The normalized spacial score (nSPS) is 10.2. The van der Waals surface area contributed by atoms with Crippen molar-refractivity contribution in [2.75, 3.05) is 5.32 Å². The average Bonchev–Trinajstić information content (AvgIpc) is 2.69. The zero-order valence-electron chi connectivity index (χ0n) is 9.55. The van der Waals surface area contributed by atoms with Crippen molar-refractivity contribution in [3.05, 3.63) is 47.9 Å². The van der Waals surface area contributed by atoms with Gasteiger partial charge in [-0.15, -0.1) is 0 Å². The summed E-state index contributed by atoms with van der Waals surface area (Å²) >= 11 is 0. The molecule has 0 unspecified atom stereocenters. The lowest BCUT2D eigenvalue weighted by molar-refractivity contribution is 0.0993. The number of nitrogens with two attached hydrogens (primary N) is 1. The third-order valence-corrected chi connectivity index (χ3v) is 2.47. The van der Waals surface area contributed by atoms with Crippen LogP contribution in [0.25, 0.3) is 0 Å². The minimum absolute atomic E-state index is 0.390. The Labute approximate surface area is 99.3 Å². The smallest absolute Gasteiger partial charge is 0.269 e. The number of hydrogen-bond donors (Lipinski definition) is 2. The van der Waals surface area contributed by atoms with Crippen LogP contribution in [0.15, 0.2) is 36.7 Å². The Morgan fingerprint density at radius 3 is 2.76 bits per heavy atom. The predicted molar refractivity (Wildman–Crippen MR) is 65.5 cm³/mol. The second kappa shape index (κ2) is 4.69. The van der Waals surface area contributed by atoms with Gasteiger partial charge in [0.05, 0.1) is 6.33 Å². The lowest BCUT2D eigenvalue weighted by Gasteiger charge is -2.05. The first-order valence-electron chi connectivity index (χ1n) is 5.27. The van der Waals surface area contributed by atoms with Gasteiger partial charge in [0, 0.05) is 13.6 Å². The maximum absolute atomic E-state index is 11.2. The number of primary amides is 1. The molecule has 1 aromatic heterocycles. The van der Waals surface area contributed by atoms with Crippen LogP contribution < -0.4 is 11.1 Å². The van der Waals surface area contributed by atoms with E-state index in [0.717, 1.165) is 5.56 Å². The van der Waals surface area contributed by atoms with Gasteiger partial charge in [-0.05, 0) is 5.56 Å². The molecule has 88 valence electrons. The molecule has 0 bridgehead atoms. The summed E-state index contributed by atoms with van der Waals surface area (Å²) in [4.78, 5) is 15.3. The van der Waals surface area contributed by atoms with E-state index in [1.807, 2.05) is 30.3 Å². The molecule has 0 atom stereocenters. The van der Waals surface area contributed by atoms with Crippen molar-refractivity contribution >= 4 is 11.7 Å². The molecule has 0 fully saturated rings. The van der Waals surface area contributed by atoms with Crippen LogP contribution in [0.3, 0.4) is 0 Å². The second-order valence-corrected chi connectivity index (χ2v) is 3.76. The first-order chi connectivity index (χ1) is 8.18. The Morgan fingerprint density at radius 1 is 1.41 bits per heavy atom. The van der Waals surface area contributed by atoms with Gasteiger partial charge in [-0.3, -0.25) is 4.79 Å².